The summed E-state index contributed by atoms with van der Waals surface area (Å²) in [5, 5.41) is 11.9. The lowest BCUT2D eigenvalue weighted by Crippen LogP contribution is -2.31. The summed E-state index contributed by atoms with van der Waals surface area (Å²) < 4.78 is 0. The summed E-state index contributed by atoms with van der Waals surface area (Å²) in [4.78, 5) is 11.2. The largest absolute Gasteiger partial charge is 0.391 e. The number of unbranched alkanes of at least 4 members (excludes halogenated alkanes) is 3. The number of aliphatic hydroxyl groups excluding tert-OH is 1. The first-order valence-electron chi connectivity index (χ1n) is 5.65. The van der Waals surface area contributed by atoms with Gasteiger partial charge in [0.15, 0.2) is 0 Å². The Morgan fingerprint density at radius 2 is 2.00 bits per heavy atom. The maximum absolute atomic E-state index is 11.2. The normalized spacial score (nSPS) is 12.5. The first-order chi connectivity index (χ1) is 6.70. The van der Waals surface area contributed by atoms with Gasteiger partial charge >= 0.3 is 0 Å². The van der Waals surface area contributed by atoms with Crippen molar-refractivity contribution >= 4 is 5.91 Å². The Labute approximate surface area is 86.9 Å². The maximum atomic E-state index is 11.2. The van der Waals surface area contributed by atoms with Crippen molar-refractivity contribution in [3.05, 3.63) is 0 Å². The zero-order valence-electron chi connectivity index (χ0n) is 9.38. The molecular formula is C11H23NO2. The molecule has 0 aromatic rings. The molecule has 84 valence electrons. The number of amides is 1. The average Bonchev–Trinajstić information content (AvgIpc) is 2.21. The monoisotopic (exact) mass is 201 g/mol. The van der Waals surface area contributed by atoms with Crippen LogP contribution in [-0.4, -0.2) is 23.7 Å². The van der Waals surface area contributed by atoms with Crippen LogP contribution in [-0.2, 0) is 4.79 Å². The van der Waals surface area contributed by atoms with Gasteiger partial charge in [0.05, 0.1) is 6.10 Å². The van der Waals surface area contributed by atoms with Gasteiger partial charge in [-0.3, -0.25) is 4.79 Å². The average molecular weight is 201 g/mol. The van der Waals surface area contributed by atoms with E-state index in [1.54, 1.807) is 0 Å². The minimum Gasteiger partial charge on any atom is -0.391 e. The minimum atomic E-state index is -0.394. The van der Waals surface area contributed by atoms with E-state index in [1.165, 1.54) is 12.8 Å². The van der Waals surface area contributed by atoms with E-state index in [0.29, 0.717) is 19.4 Å². The van der Waals surface area contributed by atoms with Crippen molar-refractivity contribution < 1.29 is 9.90 Å². The number of hydrogen-bond acceptors (Lipinski definition) is 2. The highest BCUT2D eigenvalue weighted by molar-refractivity contribution is 5.75. The number of nitrogens with one attached hydrogen (secondary N) is 1. The molecule has 2 N–H and O–H groups in total. The fourth-order valence-electron chi connectivity index (χ4n) is 1.18. The van der Waals surface area contributed by atoms with Crippen LogP contribution < -0.4 is 5.32 Å². The predicted molar refractivity (Wildman–Crippen MR) is 58.1 cm³/mol. The van der Waals surface area contributed by atoms with E-state index in [0.717, 1.165) is 12.8 Å². The van der Waals surface area contributed by atoms with Crippen LogP contribution in [0.3, 0.4) is 0 Å². The smallest absolute Gasteiger partial charge is 0.220 e. The van der Waals surface area contributed by atoms with Gasteiger partial charge in [-0.15, -0.1) is 0 Å². The molecule has 0 heterocycles. The molecule has 0 saturated carbocycles. The Kier molecular flexibility index (Phi) is 8.64. The van der Waals surface area contributed by atoms with Crippen molar-refractivity contribution in [2.45, 2.75) is 58.5 Å². The van der Waals surface area contributed by atoms with E-state index >= 15 is 0 Å². The van der Waals surface area contributed by atoms with Gasteiger partial charge in [-0.2, -0.15) is 0 Å². The first kappa shape index (κ1) is 13.4. The molecule has 0 saturated heterocycles. The first-order valence-corrected chi connectivity index (χ1v) is 5.65. The lowest BCUT2D eigenvalue weighted by atomic mass is 10.1. The topological polar surface area (TPSA) is 49.3 Å². The van der Waals surface area contributed by atoms with Crippen LogP contribution in [0.15, 0.2) is 0 Å². The molecule has 3 nitrogen and oxygen atoms in total. The number of carbonyl (C=O) groups excluding carboxylic acids is 1. The molecule has 0 aliphatic heterocycles. The molecule has 0 aliphatic carbocycles. The van der Waals surface area contributed by atoms with E-state index < -0.39 is 6.10 Å². The molecule has 0 rings (SSSR count). The van der Waals surface area contributed by atoms with Crippen molar-refractivity contribution in [3.63, 3.8) is 0 Å². The third kappa shape index (κ3) is 8.05. The number of rotatable bonds is 8. The van der Waals surface area contributed by atoms with Gasteiger partial charge in [0.2, 0.25) is 5.91 Å². The zero-order valence-corrected chi connectivity index (χ0v) is 9.38. The predicted octanol–water partition coefficient (Wildman–Crippen LogP) is 1.84. The van der Waals surface area contributed by atoms with Crippen LogP contribution in [0, 0.1) is 0 Å². The SMILES string of the molecule is CCCCCCC(=O)NCC(O)CC. The van der Waals surface area contributed by atoms with Crippen LogP contribution in [0.1, 0.15) is 52.4 Å². The lowest BCUT2D eigenvalue weighted by Gasteiger charge is -2.09. The standard InChI is InChI=1S/C11H23NO2/c1-3-5-6-7-8-11(14)12-9-10(13)4-2/h10,13H,3-9H2,1-2H3,(H,12,14). The molecule has 0 radical (unpaired) electrons. The van der Waals surface area contributed by atoms with Gasteiger partial charge in [-0.25, -0.2) is 0 Å². The van der Waals surface area contributed by atoms with Gasteiger partial charge in [0.1, 0.15) is 0 Å². The maximum Gasteiger partial charge on any atom is 0.220 e. The molecule has 0 aromatic carbocycles. The van der Waals surface area contributed by atoms with E-state index in [-0.39, 0.29) is 5.91 Å². The van der Waals surface area contributed by atoms with E-state index in [4.69, 9.17) is 0 Å². The van der Waals surface area contributed by atoms with Crippen LogP contribution in [0.5, 0.6) is 0 Å². The fraction of sp³-hybridized carbons (Fsp3) is 0.909. The molecule has 14 heavy (non-hydrogen) atoms. The Morgan fingerprint density at radius 3 is 2.57 bits per heavy atom. The summed E-state index contributed by atoms with van der Waals surface area (Å²) in [6.45, 7) is 4.44. The molecule has 1 atom stereocenters. The second kappa shape index (κ2) is 9.00. The van der Waals surface area contributed by atoms with Gasteiger partial charge in [0, 0.05) is 13.0 Å². The van der Waals surface area contributed by atoms with Gasteiger partial charge in [0.25, 0.3) is 0 Å². The van der Waals surface area contributed by atoms with Crippen LogP contribution in [0.4, 0.5) is 0 Å². The summed E-state index contributed by atoms with van der Waals surface area (Å²) in [5.74, 6) is 0.0635. The van der Waals surface area contributed by atoms with Gasteiger partial charge in [-0.05, 0) is 12.8 Å². The quantitative estimate of drug-likeness (QED) is 0.589. The van der Waals surface area contributed by atoms with Crippen LogP contribution >= 0.6 is 0 Å². The van der Waals surface area contributed by atoms with E-state index in [2.05, 4.69) is 12.2 Å². The highest BCUT2D eigenvalue weighted by Gasteiger charge is 2.04. The highest BCUT2D eigenvalue weighted by Crippen LogP contribution is 2.01. The molecule has 1 unspecified atom stereocenters. The zero-order chi connectivity index (χ0) is 10.8. The molecular weight excluding hydrogens is 178 g/mol. The Bertz CT molecular complexity index is 148. The third-order valence-electron chi connectivity index (χ3n) is 2.26. The summed E-state index contributed by atoms with van der Waals surface area (Å²) in [6.07, 6.45) is 5.37. The van der Waals surface area contributed by atoms with Crippen molar-refractivity contribution in [2.75, 3.05) is 6.54 Å². The summed E-state index contributed by atoms with van der Waals surface area (Å²) >= 11 is 0. The summed E-state index contributed by atoms with van der Waals surface area (Å²) in [7, 11) is 0. The van der Waals surface area contributed by atoms with Crippen LogP contribution in [0.25, 0.3) is 0 Å². The second-order valence-corrected chi connectivity index (χ2v) is 3.68. The number of aliphatic hydroxyl groups is 1. The third-order valence-corrected chi connectivity index (χ3v) is 2.26. The molecule has 0 aliphatic rings. The summed E-state index contributed by atoms with van der Waals surface area (Å²) in [5.41, 5.74) is 0. The Morgan fingerprint density at radius 1 is 1.29 bits per heavy atom. The molecule has 0 bridgehead atoms. The highest BCUT2D eigenvalue weighted by atomic mass is 16.3. The number of carbonyl (C=O) groups is 1. The second-order valence-electron chi connectivity index (χ2n) is 3.68. The van der Waals surface area contributed by atoms with Crippen LogP contribution in [0.2, 0.25) is 0 Å². The molecule has 1 amide bonds. The number of hydrogen-bond donors (Lipinski definition) is 2. The van der Waals surface area contributed by atoms with Crippen molar-refractivity contribution in [2.24, 2.45) is 0 Å². The van der Waals surface area contributed by atoms with Crippen molar-refractivity contribution in [3.8, 4) is 0 Å². The minimum absolute atomic E-state index is 0.0635. The fourth-order valence-corrected chi connectivity index (χ4v) is 1.18. The molecule has 0 fully saturated rings. The van der Waals surface area contributed by atoms with E-state index in [1.807, 2.05) is 6.92 Å². The Balaban J connectivity index is 3.28. The van der Waals surface area contributed by atoms with Crippen molar-refractivity contribution in [1.29, 1.82) is 0 Å². The molecule has 0 spiro atoms. The van der Waals surface area contributed by atoms with E-state index in [9.17, 15) is 9.90 Å². The van der Waals surface area contributed by atoms with Crippen molar-refractivity contribution in [1.82, 2.24) is 5.32 Å². The molecule has 3 heteroatoms. The Hall–Kier alpha value is -0.570. The summed E-state index contributed by atoms with van der Waals surface area (Å²) in [6, 6.07) is 0. The molecule has 0 aromatic heterocycles. The van der Waals surface area contributed by atoms with Gasteiger partial charge < -0.3 is 10.4 Å². The van der Waals surface area contributed by atoms with Gasteiger partial charge in [-0.1, -0.05) is 33.1 Å². The lowest BCUT2D eigenvalue weighted by molar-refractivity contribution is -0.121.